The van der Waals surface area contributed by atoms with Crippen LogP contribution in [0.2, 0.25) is 0 Å². The van der Waals surface area contributed by atoms with Gasteiger partial charge in [0.1, 0.15) is 0 Å². The third kappa shape index (κ3) is 2.91. The van der Waals surface area contributed by atoms with Crippen molar-refractivity contribution in [2.75, 3.05) is 13.2 Å². The van der Waals surface area contributed by atoms with Gasteiger partial charge < -0.3 is 25.5 Å². The molecular weight excluding hydrogens is 428 g/mol. The highest BCUT2D eigenvalue weighted by atomic mass is 16.3. The van der Waals surface area contributed by atoms with Gasteiger partial charge in [-0.2, -0.15) is 0 Å². The maximum atomic E-state index is 11.9. The van der Waals surface area contributed by atoms with Gasteiger partial charge >= 0.3 is 0 Å². The topological polar surface area (TPSA) is 101 Å². The first-order valence-corrected chi connectivity index (χ1v) is 13.7. The van der Waals surface area contributed by atoms with Crippen LogP contribution in [-0.2, 0) is 0 Å². The Bertz CT molecular complexity index is 863. The summed E-state index contributed by atoms with van der Waals surface area (Å²) in [6.45, 7) is 11.1. The molecule has 0 saturated heterocycles. The average molecular weight is 477 g/mol. The van der Waals surface area contributed by atoms with Gasteiger partial charge in [0.15, 0.2) is 0 Å². The zero-order valence-corrected chi connectivity index (χ0v) is 22.0. The molecule has 5 rings (SSSR count). The van der Waals surface area contributed by atoms with Crippen LogP contribution in [0.1, 0.15) is 92.4 Å². The van der Waals surface area contributed by atoms with Crippen LogP contribution in [0, 0.1) is 44.3 Å². The van der Waals surface area contributed by atoms with E-state index in [2.05, 4.69) is 40.7 Å². The number of fused-ring (bicyclic) bond motifs is 5. The Morgan fingerprint density at radius 2 is 1.50 bits per heavy atom. The predicted molar refractivity (Wildman–Crippen MR) is 132 cm³/mol. The SMILES string of the molecule is CC1(C)CC[C@]2(CC[C@]3(C)C(=CCC4[C@@]5(C)C[C@@H](O)[C@H](O)C(CO)(CO)C5CC[C@]43C)[C@H]2O)C1. The Morgan fingerprint density at radius 3 is 2.09 bits per heavy atom. The Kier molecular flexibility index (Phi) is 5.59. The molecule has 5 aliphatic rings. The number of hydrogen-bond acceptors (Lipinski definition) is 5. The number of aliphatic hydroxyl groups excluding tert-OH is 5. The summed E-state index contributed by atoms with van der Waals surface area (Å²) in [6, 6.07) is 0. The van der Waals surface area contributed by atoms with Crippen molar-refractivity contribution in [3.8, 4) is 0 Å². The summed E-state index contributed by atoms with van der Waals surface area (Å²) in [5.41, 5.74) is 0.0129. The van der Waals surface area contributed by atoms with Gasteiger partial charge in [0.25, 0.3) is 0 Å². The highest BCUT2D eigenvalue weighted by Gasteiger charge is 2.70. The zero-order valence-electron chi connectivity index (χ0n) is 22.0. The van der Waals surface area contributed by atoms with Crippen LogP contribution < -0.4 is 0 Å². The molecule has 1 spiro atoms. The van der Waals surface area contributed by atoms with Crippen molar-refractivity contribution >= 4 is 0 Å². The fourth-order valence-corrected chi connectivity index (χ4v) is 10.7. The second kappa shape index (κ2) is 7.54. The van der Waals surface area contributed by atoms with E-state index in [-0.39, 0.29) is 52.8 Å². The van der Waals surface area contributed by atoms with Gasteiger partial charge in [-0.1, -0.05) is 40.7 Å². The second-order valence-electron chi connectivity index (χ2n) is 14.7. The highest BCUT2D eigenvalue weighted by Crippen LogP contribution is 2.74. The molecule has 0 amide bonds. The van der Waals surface area contributed by atoms with Gasteiger partial charge in [0.2, 0.25) is 0 Å². The summed E-state index contributed by atoms with van der Waals surface area (Å²) in [4.78, 5) is 0. The van der Waals surface area contributed by atoms with Crippen LogP contribution in [-0.4, -0.2) is 57.1 Å². The lowest BCUT2D eigenvalue weighted by Gasteiger charge is -2.71. The molecule has 0 aromatic carbocycles. The fraction of sp³-hybridized carbons (Fsp3) is 0.931. The molecular formula is C29H48O5. The lowest BCUT2D eigenvalue weighted by Crippen LogP contribution is -2.69. The smallest absolute Gasteiger partial charge is 0.0902 e. The zero-order chi connectivity index (χ0) is 24.9. The normalized spacial score (nSPS) is 53.6. The first kappa shape index (κ1) is 25.2. The maximum absolute atomic E-state index is 11.9. The molecule has 2 unspecified atom stereocenters. The summed E-state index contributed by atoms with van der Waals surface area (Å²) in [7, 11) is 0. The molecule has 0 aromatic heterocycles. The summed E-state index contributed by atoms with van der Waals surface area (Å²) < 4.78 is 0. The Morgan fingerprint density at radius 1 is 0.853 bits per heavy atom. The fourth-order valence-electron chi connectivity index (χ4n) is 10.7. The van der Waals surface area contributed by atoms with Crippen molar-refractivity contribution in [2.24, 2.45) is 44.3 Å². The monoisotopic (exact) mass is 476 g/mol. The van der Waals surface area contributed by atoms with Crippen molar-refractivity contribution in [1.82, 2.24) is 0 Å². The summed E-state index contributed by atoms with van der Waals surface area (Å²) in [5.74, 6) is 0.203. The minimum absolute atomic E-state index is 0.00716. The van der Waals surface area contributed by atoms with Crippen LogP contribution in [0.4, 0.5) is 0 Å². The summed E-state index contributed by atoms with van der Waals surface area (Å²) in [5, 5.41) is 54.6. The van der Waals surface area contributed by atoms with Gasteiger partial charge in [-0.05, 0) is 96.9 Å². The first-order chi connectivity index (χ1) is 15.8. The molecule has 194 valence electrons. The lowest BCUT2D eigenvalue weighted by molar-refractivity contribution is -0.257. The summed E-state index contributed by atoms with van der Waals surface area (Å²) in [6.07, 6.45) is 8.49. The molecule has 5 N–H and O–H groups in total. The van der Waals surface area contributed by atoms with E-state index in [4.69, 9.17) is 0 Å². The quantitative estimate of drug-likeness (QED) is 0.390. The Balaban J connectivity index is 1.56. The van der Waals surface area contributed by atoms with Gasteiger partial charge in [-0.3, -0.25) is 0 Å². The van der Waals surface area contributed by atoms with Crippen molar-refractivity contribution < 1.29 is 25.5 Å². The number of allylic oxidation sites excluding steroid dienone is 1. The maximum Gasteiger partial charge on any atom is 0.0902 e. The third-order valence-electron chi connectivity index (χ3n) is 12.8. The molecule has 0 radical (unpaired) electrons. The van der Waals surface area contributed by atoms with Gasteiger partial charge in [-0.25, -0.2) is 0 Å². The highest BCUT2D eigenvalue weighted by molar-refractivity contribution is 5.34. The third-order valence-corrected chi connectivity index (χ3v) is 12.8. The van der Waals surface area contributed by atoms with E-state index < -0.39 is 17.6 Å². The van der Waals surface area contributed by atoms with Gasteiger partial charge in [0.05, 0.1) is 31.5 Å². The number of hydrogen-bond donors (Lipinski definition) is 5. The second-order valence-corrected chi connectivity index (χ2v) is 14.7. The minimum atomic E-state index is -1.11. The molecule has 9 atom stereocenters. The van der Waals surface area contributed by atoms with E-state index in [0.29, 0.717) is 11.8 Å². The molecule has 0 aromatic rings. The Labute approximate surface area is 205 Å². The van der Waals surface area contributed by atoms with E-state index in [9.17, 15) is 25.5 Å². The van der Waals surface area contributed by atoms with Gasteiger partial charge in [0, 0.05) is 10.8 Å². The van der Waals surface area contributed by atoms with Gasteiger partial charge in [-0.15, -0.1) is 0 Å². The molecule has 0 aliphatic heterocycles. The molecule has 5 nitrogen and oxygen atoms in total. The molecule has 5 aliphatic carbocycles. The molecule has 4 fully saturated rings. The van der Waals surface area contributed by atoms with Crippen LogP contribution in [0.25, 0.3) is 0 Å². The molecule has 5 heteroatoms. The van der Waals surface area contributed by atoms with E-state index in [1.165, 1.54) is 12.0 Å². The largest absolute Gasteiger partial charge is 0.396 e. The van der Waals surface area contributed by atoms with Crippen molar-refractivity contribution in [3.05, 3.63) is 11.6 Å². The molecule has 4 saturated carbocycles. The standard InChI is InChI=1S/C29H48O5/c1-24(2)10-12-28(15-24)13-11-26(4)18(22(28)33)6-7-20-25(3)14-19(32)23(34)29(16-30,17-31)21(25)8-9-27(20,26)5/h6,19-23,30-34H,7-17H2,1-5H3/t19-,20?,21?,22-,23+,25-,26-,27-,28+/m1/s1. The van der Waals surface area contributed by atoms with Crippen LogP contribution in [0.3, 0.4) is 0 Å². The van der Waals surface area contributed by atoms with E-state index in [0.717, 1.165) is 44.9 Å². The molecule has 0 bridgehead atoms. The van der Waals surface area contributed by atoms with E-state index >= 15 is 0 Å². The number of aliphatic hydroxyl groups is 5. The van der Waals surface area contributed by atoms with Crippen LogP contribution in [0.5, 0.6) is 0 Å². The molecule has 0 heterocycles. The van der Waals surface area contributed by atoms with Crippen LogP contribution in [0.15, 0.2) is 11.6 Å². The summed E-state index contributed by atoms with van der Waals surface area (Å²) >= 11 is 0. The van der Waals surface area contributed by atoms with Crippen LogP contribution >= 0.6 is 0 Å². The molecule has 34 heavy (non-hydrogen) atoms. The van der Waals surface area contributed by atoms with E-state index in [1.807, 2.05) is 0 Å². The van der Waals surface area contributed by atoms with E-state index in [1.54, 1.807) is 0 Å². The average Bonchev–Trinajstić information content (AvgIpc) is 3.09. The van der Waals surface area contributed by atoms with Crippen molar-refractivity contribution in [2.45, 2.75) is 111 Å². The minimum Gasteiger partial charge on any atom is -0.396 e. The number of rotatable bonds is 2. The first-order valence-electron chi connectivity index (χ1n) is 13.7. The predicted octanol–water partition coefficient (Wildman–Crippen LogP) is 3.81. The van der Waals surface area contributed by atoms with Crippen molar-refractivity contribution in [1.29, 1.82) is 0 Å². The van der Waals surface area contributed by atoms with Crippen molar-refractivity contribution in [3.63, 3.8) is 0 Å². The Hall–Kier alpha value is -0.460. The lowest BCUT2D eigenvalue weighted by atomic mass is 9.34.